The maximum Gasteiger partial charge on any atom is 0.257 e. The minimum atomic E-state index is -0.0261. The van der Waals surface area contributed by atoms with Crippen LogP contribution in [0.2, 0.25) is 0 Å². The first-order valence-electron chi connectivity index (χ1n) is 4.37. The fourth-order valence-corrected chi connectivity index (χ4v) is 1.18. The summed E-state index contributed by atoms with van der Waals surface area (Å²) in [5.41, 5.74) is 1.52. The predicted molar refractivity (Wildman–Crippen MR) is 56.6 cm³/mol. The number of nitrogens with zero attached hydrogens (tertiary/aromatic N) is 3. The molecule has 1 aromatic heterocycles. The van der Waals surface area contributed by atoms with Gasteiger partial charge in [-0.05, 0) is 6.07 Å². The zero-order chi connectivity index (χ0) is 10.7. The minimum absolute atomic E-state index is 0.0261. The Kier molecular flexibility index (Phi) is 3.06. The Hall–Kier alpha value is -1.58. The van der Waals surface area contributed by atoms with Gasteiger partial charge in [0.15, 0.2) is 0 Å². The molecule has 1 rings (SSSR count). The van der Waals surface area contributed by atoms with Crippen molar-refractivity contribution in [1.29, 1.82) is 0 Å². The molecule has 0 saturated heterocycles. The summed E-state index contributed by atoms with van der Waals surface area (Å²) in [6.07, 6.45) is 3.28. The van der Waals surface area contributed by atoms with E-state index in [1.165, 1.54) is 0 Å². The van der Waals surface area contributed by atoms with E-state index >= 15 is 0 Å². The molecular weight excluding hydrogens is 178 g/mol. The van der Waals surface area contributed by atoms with E-state index in [2.05, 4.69) is 4.98 Å². The second-order valence-corrected chi connectivity index (χ2v) is 3.49. The number of carbonyl (C=O) groups excluding carboxylic acids is 1. The highest BCUT2D eigenvalue weighted by molar-refractivity contribution is 5.99. The SMILES string of the molecule is CN(C)C(=O)c1cnccc1N(C)C. The third kappa shape index (κ3) is 2.02. The predicted octanol–water partition coefficient (Wildman–Crippen LogP) is 0.849. The first kappa shape index (κ1) is 10.5. The summed E-state index contributed by atoms with van der Waals surface area (Å²) in [5, 5.41) is 0. The van der Waals surface area contributed by atoms with Gasteiger partial charge in [0.1, 0.15) is 0 Å². The molecule has 0 unspecified atom stereocenters. The van der Waals surface area contributed by atoms with E-state index < -0.39 is 0 Å². The van der Waals surface area contributed by atoms with Crippen molar-refractivity contribution in [3.63, 3.8) is 0 Å². The summed E-state index contributed by atoms with van der Waals surface area (Å²) < 4.78 is 0. The van der Waals surface area contributed by atoms with Gasteiger partial charge in [0.2, 0.25) is 0 Å². The van der Waals surface area contributed by atoms with E-state index in [1.54, 1.807) is 31.4 Å². The van der Waals surface area contributed by atoms with Crippen molar-refractivity contribution in [3.8, 4) is 0 Å². The monoisotopic (exact) mass is 193 g/mol. The molecule has 1 heterocycles. The average Bonchev–Trinajstić information content (AvgIpc) is 2.16. The van der Waals surface area contributed by atoms with Crippen LogP contribution in [0.15, 0.2) is 18.5 Å². The third-order valence-corrected chi connectivity index (χ3v) is 1.92. The molecule has 0 radical (unpaired) electrons. The Bertz CT molecular complexity index is 334. The molecule has 0 aromatic carbocycles. The third-order valence-electron chi connectivity index (χ3n) is 1.92. The summed E-state index contributed by atoms with van der Waals surface area (Å²) >= 11 is 0. The lowest BCUT2D eigenvalue weighted by molar-refractivity contribution is 0.0828. The van der Waals surface area contributed by atoms with Gasteiger partial charge in [-0.15, -0.1) is 0 Å². The molecule has 1 amide bonds. The van der Waals surface area contributed by atoms with Crippen LogP contribution in [-0.4, -0.2) is 44.0 Å². The van der Waals surface area contributed by atoms with E-state index in [0.717, 1.165) is 5.69 Å². The fourth-order valence-electron chi connectivity index (χ4n) is 1.18. The smallest absolute Gasteiger partial charge is 0.257 e. The normalized spacial score (nSPS) is 9.71. The maximum atomic E-state index is 11.7. The quantitative estimate of drug-likeness (QED) is 0.698. The molecule has 0 spiro atoms. The lowest BCUT2D eigenvalue weighted by atomic mass is 10.2. The van der Waals surface area contributed by atoms with E-state index in [0.29, 0.717) is 5.56 Å². The Labute approximate surface area is 84.2 Å². The number of hydrogen-bond acceptors (Lipinski definition) is 3. The van der Waals surface area contributed by atoms with Crippen LogP contribution >= 0.6 is 0 Å². The van der Waals surface area contributed by atoms with Crippen LogP contribution in [0.3, 0.4) is 0 Å². The fraction of sp³-hybridized carbons (Fsp3) is 0.400. The van der Waals surface area contributed by atoms with Gasteiger partial charge in [0.25, 0.3) is 5.91 Å². The summed E-state index contributed by atoms with van der Waals surface area (Å²) in [7, 11) is 7.27. The molecule has 0 fully saturated rings. The topological polar surface area (TPSA) is 36.4 Å². The summed E-state index contributed by atoms with van der Waals surface area (Å²) in [6, 6.07) is 1.83. The van der Waals surface area contributed by atoms with Crippen LogP contribution in [0.1, 0.15) is 10.4 Å². The molecule has 14 heavy (non-hydrogen) atoms. The van der Waals surface area contributed by atoms with Gasteiger partial charge in [0, 0.05) is 40.6 Å². The molecule has 0 aliphatic rings. The molecule has 4 heteroatoms. The van der Waals surface area contributed by atoms with Gasteiger partial charge in [-0.1, -0.05) is 0 Å². The zero-order valence-electron chi connectivity index (χ0n) is 8.98. The molecule has 0 atom stereocenters. The molecule has 0 aliphatic carbocycles. The van der Waals surface area contributed by atoms with Gasteiger partial charge < -0.3 is 9.80 Å². The Balaban J connectivity index is 3.13. The number of anilines is 1. The number of pyridine rings is 1. The molecule has 1 aromatic rings. The number of rotatable bonds is 2. The Morgan fingerprint density at radius 3 is 2.43 bits per heavy atom. The molecule has 0 saturated carbocycles. The van der Waals surface area contributed by atoms with Gasteiger partial charge in [-0.2, -0.15) is 0 Å². The molecule has 0 aliphatic heterocycles. The first-order chi connectivity index (χ1) is 6.54. The van der Waals surface area contributed by atoms with Gasteiger partial charge in [-0.25, -0.2) is 0 Å². The Morgan fingerprint density at radius 2 is 1.93 bits per heavy atom. The van der Waals surface area contributed by atoms with Crippen LogP contribution in [0.25, 0.3) is 0 Å². The first-order valence-corrected chi connectivity index (χ1v) is 4.37. The molecule has 4 nitrogen and oxygen atoms in total. The minimum Gasteiger partial charge on any atom is -0.377 e. The van der Waals surface area contributed by atoms with Crippen LogP contribution in [0, 0.1) is 0 Å². The van der Waals surface area contributed by atoms with Crippen molar-refractivity contribution >= 4 is 11.6 Å². The lowest BCUT2D eigenvalue weighted by Gasteiger charge is -2.18. The summed E-state index contributed by atoms with van der Waals surface area (Å²) in [5.74, 6) is -0.0261. The average molecular weight is 193 g/mol. The van der Waals surface area contributed by atoms with Crippen LogP contribution < -0.4 is 4.90 Å². The highest BCUT2D eigenvalue weighted by Gasteiger charge is 2.13. The van der Waals surface area contributed by atoms with Crippen molar-refractivity contribution < 1.29 is 4.79 Å². The number of hydrogen-bond donors (Lipinski definition) is 0. The number of carbonyl (C=O) groups is 1. The highest BCUT2D eigenvalue weighted by atomic mass is 16.2. The largest absolute Gasteiger partial charge is 0.377 e. The van der Waals surface area contributed by atoms with E-state index in [9.17, 15) is 4.79 Å². The molecule has 0 N–H and O–H groups in total. The van der Waals surface area contributed by atoms with Crippen molar-refractivity contribution in [1.82, 2.24) is 9.88 Å². The van der Waals surface area contributed by atoms with Crippen LogP contribution in [0.5, 0.6) is 0 Å². The van der Waals surface area contributed by atoms with Crippen LogP contribution in [-0.2, 0) is 0 Å². The van der Waals surface area contributed by atoms with Crippen molar-refractivity contribution in [2.75, 3.05) is 33.1 Å². The summed E-state index contributed by atoms with van der Waals surface area (Å²) in [6.45, 7) is 0. The van der Waals surface area contributed by atoms with Crippen molar-refractivity contribution in [2.24, 2.45) is 0 Å². The highest BCUT2D eigenvalue weighted by Crippen LogP contribution is 2.17. The molecular formula is C10H15N3O. The second-order valence-electron chi connectivity index (χ2n) is 3.49. The summed E-state index contributed by atoms with van der Waals surface area (Å²) in [4.78, 5) is 19.1. The maximum absolute atomic E-state index is 11.7. The molecule has 0 bridgehead atoms. The van der Waals surface area contributed by atoms with E-state index in [1.807, 2.05) is 25.1 Å². The van der Waals surface area contributed by atoms with Gasteiger partial charge in [0.05, 0.1) is 11.3 Å². The zero-order valence-corrected chi connectivity index (χ0v) is 8.98. The van der Waals surface area contributed by atoms with E-state index in [4.69, 9.17) is 0 Å². The standard InChI is InChI=1S/C10H15N3O/c1-12(2)9-5-6-11-7-8(9)10(14)13(3)4/h5-7H,1-4H3. The number of amides is 1. The van der Waals surface area contributed by atoms with Crippen molar-refractivity contribution in [2.45, 2.75) is 0 Å². The Morgan fingerprint density at radius 1 is 1.29 bits per heavy atom. The van der Waals surface area contributed by atoms with Gasteiger partial charge in [-0.3, -0.25) is 9.78 Å². The van der Waals surface area contributed by atoms with Crippen LogP contribution in [0.4, 0.5) is 5.69 Å². The van der Waals surface area contributed by atoms with E-state index in [-0.39, 0.29) is 5.91 Å². The lowest BCUT2D eigenvalue weighted by Crippen LogP contribution is -2.24. The number of aromatic nitrogens is 1. The van der Waals surface area contributed by atoms with Crippen molar-refractivity contribution in [3.05, 3.63) is 24.0 Å². The van der Waals surface area contributed by atoms with Gasteiger partial charge >= 0.3 is 0 Å². The second kappa shape index (κ2) is 4.09. The molecule has 76 valence electrons.